The number of hydrogen-bond donors (Lipinski definition) is 6. The van der Waals surface area contributed by atoms with Gasteiger partial charge in [-0.15, -0.1) is 0 Å². The minimum absolute atomic E-state index is 0.0220. The first-order valence-electron chi connectivity index (χ1n) is 9.17. The number of nitrogen functional groups attached to an aromatic ring is 1. The van der Waals surface area contributed by atoms with Crippen LogP contribution in [0.2, 0.25) is 0 Å². The highest BCUT2D eigenvalue weighted by Crippen LogP contribution is 2.53. The summed E-state index contributed by atoms with van der Waals surface area (Å²) in [7, 11) is 0. The predicted molar refractivity (Wildman–Crippen MR) is 102 cm³/mol. The molecule has 3 atom stereocenters. The fraction of sp³-hybridized carbons (Fsp3) is 0.316. The van der Waals surface area contributed by atoms with Gasteiger partial charge in [0, 0.05) is 29.7 Å². The van der Waals surface area contributed by atoms with Crippen molar-refractivity contribution in [3.63, 3.8) is 0 Å². The molecule has 1 amide bonds. The van der Waals surface area contributed by atoms with E-state index in [4.69, 9.17) is 11.5 Å². The van der Waals surface area contributed by atoms with Crippen molar-refractivity contribution in [1.29, 1.82) is 0 Å². The minimum Gasteiger partial charge on any atom is -0.508 e. The Morgan fingerprint density at radius 2 is 1.87 bits per heavy atom. The molecule has 1 aromatic rings. The van der Waals surface area contributed by atoms with E-state index < -0.39 is 85.9 Å². The summed E-state index contributed by atoms with van der Waals surface area (Å²) in [6, 6.07) is 0.936. The molecule has 0 aliphatic heterocycles. The zero-order valence-corrected chi connectivity index (χ0v) is 15.8. The number of aromatic hydroxyl groups is 1. The van der Waals surface area contributed by atoms with Crippen LogP contribution in [0.15, 0.2) is 23.0 Å². The van der Waals surface area contributed by atoms with Crippen molar-refractivity contribution in [2.75, 3.05) is 5.73 Å². The Kier molecular flexibility index (Phi) is 4.12. The van der Waals surface area contributed by atoms with Crippen LogP contribution in [-0.2, 0) is 20.8 Å². The molecule has 0 radical (unpaired) electrons. The number of nitro benzene ring substituents is 1. The SMILES string of the molecule is NC(=O)C1=C(O)[C@@]2(O)C(=O)C3=C(O)c4c(O)c([N+](=O)[O-])cc(N)c4CC3CC2CC1=O. The van der Waals surface area contributed by atoms with E-state index in [-0.39, 0.29) is 24.1 Å². The van der Waals surface area contributed by atoms with Crippen molar-refractivity contribution in [2.45, 2.75) is 24.9 Å². The largest absolute Gasteiger partial charge is 0.508 e. The number of benzene rings is 1. The molecule has 0 heterocycles. The third kappa shape index (κ3) is 2.48. The number of anilines is 1. The molecule has 0 bridgehead atoms. The maximum atomic E-state index is 13.3. The van der Waals surface area contributed by atoms with Gasteiger partial charge < -0.3 is 31.9 Å². The van der Waals surface area contributed by atoms with E-state index >= 15 is 0 Å². The molecule has 0 saturated heterocycles. The molecule has 12 heteroatoms. The van der Waals surface area contributed by atoms with Gasteiger partial charge >= 0.3 is 5.69 Å². The summed E-state index contributed by atoms with van der Waals surface area (Å²) in [5.41, 5.74) is 5.88. The monoisotopic (exact) mass is 431 g/mol. The van der Waals surface area contributed by atoms with Gasteiger partial charge in [-0.25, -0.2) is 0 Å². The van der Waals surface area contributed by atoms with Crippen molar-refractivity contribution in [1.82, 2.24) is 0 Å². The number of nitrogens with zero attached hydrogens (tertiary/aromatic N) is 1. The summed E-state index contributed by atoms with van der Waals surface area (Å²) in [6.45, 7) is 0. The maximum Gasteiger partial charge on any atom is 0.313 e. The number of nitro groups is 1. The number of rotatable bonds is 2. The van der Waals surface area contributed by atoms with Crippen LogP contribution in [0.1, 0.15) is 24.0 Å². The number of fused-ring (bicyclic) bond motifs is 3. The molecule has 31 heavy (non-hydrogen) atoms. The normalized spacial score (nSPS) is 27.5. The number of amides is 1. The number of phenols is 1. The van der Waals surface area contributed by atoms with Crippen molar-refractivity contribution < 1.29 is 39.7 Å². The summed E-state index contributed by atoms with van der Waals surface area (Å²) in [5.74, 6) is -8.14. The van der Waals surface area contributed by atoms with Gasteiger partial charge in [-0.05, 0) is 24.3 Å². The number of ketones is 2. The van der Waals surface area contributed by atoms with Gasteiger partial charge in [-0.3, -0.25) is 24.5 Å². The van der Waals surface area contributed by atoms with Gasteiger partial charge in [0.25, 0.3) is 5.91 Å². The van der Waals surface area contributed by atoms with Gasteiger partial charge in [0.15, 0.2) is 11.4 Å². The van der Waals surface area contributed by atoms with E-state index in [2.05, 4.69) is 0 Å². The van der Waals surface area contributed by atoms with Crippen LogP contribution in [0.5, 0.6) is 5.75 Å². The lowest BCUT2D eigenvalue weighted by molar-refractivity contribution is -0.385. The van der Waals surface area contributed by atoms with Crippen LogP contribution in [-0.4, -0.2) is 48.4 Å². The summed E-state index contributed by atoms with van der Waals surface area (Å²) >= 11 is 0. The smallest absolute Gasteiger partial charge is 0.313 e. The van der Waals surface area contributed by atoms with Crippen LogP contribution in [0.3, 0.4) is 0 Å². The van der Waals surface area contributed by atoms with E-state index in [9.17, 15) is 44.9 Å². The number of phenolic OH excluding ortho intramolecular Hbond substituents is 1. The Hall–Kier alpha value is -3.93. The lowest BCUT2D eigenvalue weighted by atomic mass is 9.59. The summed E-state index contributed by atoms with van der Waals surface area (Å²) in [4.78, 5) is 47.4. The van der Waals surface area contributed by atoms with Crippen LogP contribution >= 0.6 is 0 Å². The Labute approximate surface area is 173 Å². The summed E-state index contributed by atoms with van der Waals surface area (Å²) in [6.07, 6.45) is -0.519. The van der Waals surface area contributed by atoms with Gasteiger partial charge in [0.1, 0.15) is 17.1 Å². The molecule has 12 nitrogen and oxygen atoms in total. The number of carbonyl (C=O) groups excluding carboxylic acids is 3. The number of hydrogen-bond acceptors (Lipinski definition) is 10. The number of carbonyl (C=O) groups is 3. The molecule has 4 rings (SSSR count). The third-order valence-corrected chi connectivity index (χ3v) is 6.27. The van der Waals surface area contributed by atoms with Crippen molar-refractivity contribution in [2.24, 2.45) is 17.6 Å². The quantitative estimate of drug-likeness (QED) is 0.120. The van der Waals surface area contributed by atoms with E-state index in [0.29, 0.717) is 0 Å². The first-order chi connectivity index (χ1) is 14.4. The molecular weight excluding hydrogens is 414 g/mol. The highest BCUT2D eigenvalue weighted by Gasteiger charge is 2.60. The van der Waals surface area contributed by atoms with Gasteiger partial charge in [0.05, 0.1) is 10.5 Å². The second kappa shape index (κ2) is 6.28. The molecule has 0 aromatic heterocycles. The molecule has 8 N–H and O–H groups in total. The maximum absolute atomic E-state index is 13.3. The first-order valence-corrected chi connectivity index (χ1v) is 9.17. The number of aliphatic hydroxyl groups excluding tert-OH is 2. The topological polar surface area (TPSA) is 227 Å². The van der Waals surface area contributed by atoms with Gasteiger partial charge in [-0.2, -0.15) is 0 Å². The molecule has 0 spiro atoms. The predicted octanol–water partition coefficient (Wildman–Crippen LogP) is -0.0857. The van der Waals surface area contributed by atoms with E-state index in [1.807, 2.05) is 0 Å². The van der Waals surface area contributed by atoms with Crippen molar-refractivity contribution in [3.8, 4) is 5.75 Å². The Morgan fingerprint density at radius 1 is 1.23 bits per heavy atom. The molecule has 1 aromatic carbocycles. The van der Waals surface area contributed by atoms with Crippen molar-refractivity contribution >= 4 is 34.6 Å². The molecule has 1 fully saturated rings. The van der Waals surface area contributed by atoms with Crippen LogP contribution < -0.4 is 11.5 Å². The lowest BCUT2D eigenvalue weighted by Gasteiger charge is -2.46. The molecule has 162 valence electrons. The average Bonchev–Trinajstić information content (AvgIpc) is 2.66. The van der Waals surface area contributed by atoms with Gasteiger partial charge in [0.2, 0.25) is 11.5 Å². The third-order valence-electron chi connectivity index (χ3n) is 6.27. The Morgan fingerprint density at radius 3 is 2.45 bits per heavy atom. The van der Waals surface area contributed by atoms with E-state index in [1.54, 1.807) is 0 Å². The first kappa shape index (κ1) is 20.3. The zero-order chi connectivity index (χ0) is 23.0. The molecule has 3 aliphatic carbocycles. The minimum atomic E-state index is -2.70. The zero-order valence-electron chi connectivity index (χ0n) is 15.8. The number of nitrogens with two attached hydrogens (primary N) is 2. The molecule has 2 unspecified atom stereocenters. The van der Waals surface area contributed by atoms with E-state index in [0.717, 1.165) is 6.07 Å². The average molecular weight is 431 g/mol. The van der Waals surface area contributed by atoms with Crippen LogP contribution in [0.25, 0.3) is 5.76 Å². The van der Waals surface area contributed by atoms with Gasteiger partial charge in [-0.1, -0.05) is 0 Å². The highest BCUT2D eigenvalue weighted by atomic mass is 16.6. The molecule has 3 aliphatic rings. The summed E-state index contributed by atoms with van der Waals surface area (Å²) in [5, 5.41) is 53.9. The fourth-order valence-electron chi connectivity index (χ4n) is 4.84. The Bertz CT molecular complexity index is 1180. The standard InChI is InChI=1S/C19H17N3O9/c20-8-4-9(22(30)31)14(24)12-7(8)2-5-1-6-3-10(23)13(18(21)28)17(27)19(6,29)16(26)11(5)15(12)25/h4-6,24-25,27,29H,1-3,20H2,(H2,21,28)/t5?,6?,19-/m0/s1. The van der Waals surface area contributed by atoms with Crippen LogP contribution in [0.4, 0.5) is 11.4 Å². The second-order valence-electron chi connectivity index (χ2n) is 7.85. The molecular formula is C19H17N3O9. The number of Topliss-reactive ketones (excluding diaryl/α,β-unsaturated/α-hetero) is 2. The Balaban J connectivity index is 1.97. The highest BCUT2D eigenvalue weighted by molar-refractivity contribution is 6.22. The number of aliphatic hydroxyl groups is 3. The molecule has 1 saturated carbocycles. The van der Waals surface area contributed by atoms with Crippen LogP contribution in [0, 0.1) is 22.0 Å². The summed E-state index contributed by atoms with van der Waals surface area (Å²) < 4.78 is 0. The number of primary amides is 1. The fourth-order valence-corrected chi connectivity index (χ4v) is 4.84. The van der Waals surface area contributed by atoms with Crippen molar-refractivity contribution in [3.05, 3.63) is 44.2 Å². The van der Waals surface area contributed by atoms with E-state index in [1.165, 1.54) is 0 Å². The lowest BCUT2D eigenvalue weighted by Crippen LogP contribution is -2.58. The second-order valence-corrected chi connectivity index (χ2v) is 7.85.